The van der Waals surface area contributed by atoms with Crippen LogP contribution in [0.5, 0.6) is 0 Å². The minimum Gasteiger partial charge on any atom is -0.217 e. The maximum absolute atomic E-state index is 4.64. The van der Waals surface area contributed by atoms with Crippen molar-refractivity contribution in [2.75, 3.05) is 0 Å². The summed E-state index contributed by atoms with van der Waals surface area (Å²) in [6.45, 7) is 0. The van der Waals surface area contributed by atoms with E-state index in [9.17, 15) is 0 Å². The third-order valence-electron chi connectivity index (χ3n) is 3.63. The third-order valence-corrected chi connectivity index (χ3v) is 3.63. The van der Waals surface area contributed by atoms with Crippen LogP contribution < -0.4 is 0 Å². The fourth-order valence-electron chi connectivity index (χ4n) is 2.57. The second-order valence-corrected chi connectivity index (χ2v) is 5.03. The third kappa shape index (κ3) is 2.23. The maximum Gasteiger partial charge on any atom is 0.163 e. The first kappa shape index (κ1) is 12.7. The summed E-state index contributed by atoms with van der Waals surface area (Å²) in [7, 11) is 0. The van der Waals surface area contributed by atoms with E-state index < -0.39 is 0 Å². The molecular weight excluding hydrogens is 270 g/mol. The van der Waals surface area contributed by atoms with Gasteiger partial charge in [-0.05, 0) is 10.8 Å². The van der Waals surface area contributed by atoms with Crippen molar-refractivity contribution in [3.8, 4) is 22.8 Å². The van der Waals surface area contributed by atoms with Gasteiger partial charge >= 0.3 is 0 Å². The van der Waals surface area contributed by atoms with Gasteiger partial charge in [-0.15, -0.1) is 0 Å². The van der Waals surface area contributed by atoms with Crippen molar-refractivity contribution in [1.29, 1.82) is 0 Å². The second-order valence-electron chi connectivity index (χ2n) is 5.03. The Bertz CT molecular complexity index is 928. The largest absolute Gasteiger partial charge is 0.217 e. The van der Waals surface area contributed by atoms with Crippen molar-refractivity contribution in [2.24, 2.45) is 0 Å². The van der Waals surface area contributed by atoms with Gasteiger partial charge in [0.15, 0.2) is 11.6 Å². The van der Waals surface area contributed by atoms with Crippen LogP contribution in [0.25, 0.3) is 33.5 Å². The van der Waals surface area contributed by atoms with Gasteiger partial charge in [0.25, 0.3) is 0 Å². The van der Waals surface area contributed by atoms with E-state index in [4.69, 9.17) is 0 Å². The summed E-state index contributed by atoms with van der Waals surface area (Å²) in [5.74, 6) is 1.39. The molecule has 4 aromatic rings. The van der Waals surface area contributed by atoms with Crippen molar-refractivity contribution in [3.05, 3.63) is 79.1 Å². The van der Waals surface area contributed by atoms with Crippen LogP contribution in [0.4, 0.5) is 0 Å². The maximum atomic E-state index is 4.64. The molecule has 104 valence electrons. The molecule has 0 unspecified atom stereocenters. The second kappa shape index (κ2) is 5.37. The van der Waals surface area contributed by atoms with E-state index in [-0.39, 0.29) is 0 Å². The fourth-order valence-corrected chi connectivity index (χ4v) is 2.57. The van der Waals surface area contributed by atoms with Gasteiger partial charge in [-0.2, -0.15) is 0 Å². The SMILES string of the molecule is c1ccc(-c2ncnc(-c3cccc4ccccc34)n2)cc1. The van der Waals surface area contributed by atoms with Gasteiger partial charge in [-0.1, -0.05) is 72.8 Å². The molecule has 0 spiro atoms. The zero-order valence-corrected chi connectivity index (χ0v) is 11.8. The summed E-state index contributed by atoms with van der Waals surface area (Å²) in [6, 6.07) is 24.4. The number of hydrogen-bond acceptors (Lipinski definition) is 3. The van der Waals surface area contributed by atoms with Crippen LogP contribution in [0.15, 0.2) is 79.1 Å². The normalized spacial score (nSPS) is 10.7. The molecule has 0 N–H and O–H groups in total. The Morgan fingerprint density at radius 2 is 1.32 bits per heavy atom. The van der Waals surface area contributed by atoms with Crippen LogP contribution >= 0.6 is 0 Å². The first-order valence-corrected chi connectivity index (χ1v) is 7.14. The molecule has 22 heavy (non-hydrogen) atoms. The summed E-state index contributed by atoms with van der Waals surface area (Å²) in [6.07, 6.45) is 1.58. The Morgan fingerprint density at radius 1 is 0.591 bits per heavy atom. The summed E-state index contributed by atoms with van der Waals surface area (Å²) in [5, 5.41) is 2.33. The predicted molar refractivity (Wildman–Crippen MR) is 88.2 cm³/mol. The average molecular weight is 283 g/mol. The highest BCUT2D eigenvalue weighted by Gasteiger charge is 2.08. The molecule has 0 fully saturated rings. The van der Waals surface area contributed by atoms with Gasteiger partial charge in [0.05, 0.1) is 0 Å². The molecule has 3 aromatic carbocycles. The molecule has 0 aliphatic rings. The molecular formula is C19H13N3. The van der Waals surface area contributed by atoms with E-state index in [1.165, 1.54) is 5.39 Å². The number of hydrogen-bond donors (Lipinski definition) is 0. The van der Waals surface area contributed by atoms with Crippen LogP contribution in [0, 0.1) is 0 Å². The molecule has 0 radical (unpaired) electrons. The molecule has 1 aromatic heterocycles. The zero-order valence-electron chi connectivity index (χ0n) is 11.8. The van der Waals surface area contributed by atoms with E-state index in [0.717, 1.165) is 16.5 Å². The summed E-state index contributed by atoms with van der Waals surface area (Å²) < 4.78 is 0. The molecule has 3 nitrogen and oxygen atoms in total. The van der Waals surface area contributed by atoms with Crippen LogP contribution in [0.3, 0.4) is 0 Å². The molecule has 0 bridgehead atoms. The summed E-state index contributed by atoms with van der Waals surface area (Å²) in [4.78, 5) is 13.3. The molecule has 0 amide bonds. The molecule has 0 saturated carbocycles. The lowest BCUT2D eigenvalue weighted by molar-refractivity contribution is 1.07. The molecule has 1 heterocycles. The molecule has 3 heteroatoms. The van der Waals surface area contributed by atoms with Crippen LogP contribution in [0.2, 0.25) is 0 Å². The number of rotatable bonds is 2. The Morgan fingerprint density at radius 3 is 2.23 bits per heavy atom. The lowest BCUT2D eigenvalue weighted by Crippen LogP contribution is -1.95. The molecule has 0 atom stereocenters. The minimum absolute atomic E-state index is 0.693. The van der Waals surface area contributed by atoms with Crippen LogP contribution in [0.1, 0.15) is 0 Å². The molecule has 0 aliphatic carbocycles. The first-order chi connectivity index (χ1) is 10.9. The Balaban J connectivity index is 1.89. The van der Waals surface area contributed by atoms with Crippen molar-refractivity contribution >= 4 is 10.8 Å². The summed E-state index contributed by atoms with van der Waals surface area (Å²) >= 11 is 0. The predicted octanol–water partition coefficient (Wildman–Crippen LogP) is 4.36. The number of aromatic nitrogens is 3. The van der Waals surface area contributed by atoms with E-state index in [2.05, 4.69) is 33.2 Å². The van der Waals surface area contributed by atoms with Gasteiger partial charge < -0.3 is 0 Å². The lowest BCUT2D eigenvalue weighted by atomic mass is 10.0. The quantitative estimate of drug-likeness (QED) is 0.548. The Kier molecular flexibility index (Phi) is 3.09. The molecule has 4 rings (SSSR count). The van der Waals surface area contributed by atoms with Crippen molar-refractivity contribution in [1.82, 2.24) is 15.0 Å². The van der Waals surface area contributed by atoms with Gasteiger partial charge in [0, 0.05) is 11.1 Å². The topological polar surface area (TPSA) is 38.7 Å². The van der Waals surface area contributed by atoms with Gasteiger partial charge in [0.2, 0.25) is 0 Å². The van der Waals surface area contributed by atoms with E-state index >= 15 is 0 Å². The van der Waals surface area contributed by atoms with E-state index in [1.54, 1.807) is 6.33 Å². The van der Waals surface area contributed by atoms with Crippen molar-refractivity contribution in [3.63, 3.8) is 0 Å². The highest BCUT2D eigenvalue weighted by atomic mass is 15.0. The van der Waals surface area contributed by atoms with Gasteiger partial charge in [0.1, 0.15) is 6.33 Å². The number of nitrogens with zero attached hydrogens (tertiary/aromatic N) is 3. The molecule has 0 saturated heterocycles. The first-order valence-electron chi connectivity index (χ1n) is 7.14. The number of fused-ring (bicyclic) bond motifs is 1. The lowest BCUT2D eigenvalue weighted by Gasteiger charge is -2.06. The van der Waals surface area contributed by atoms with Crippen LogP contribution in [-0.4, -0.2) is 15.0 Å². The minimum atomic E-state index is 0.693. The fraction of sp³-hybridized carbons (Fsp3) is 0. The van der Waals surface area contributed by atoms with Crippen LogP contribution in [-0.2, 0) is 0 Å². The smallest absolute Gasteiger partial charge is 0.163 e. The average Bonchev–Trinajstić information content (AvgIpc) is 2.62. The van der Waals surface area contributed by atoms with Gasteiger partial charge in [-0.25, -0.2) is 15.0 Å². The van der Waals surface area contributed by atoms with E-state index in [0.29, 0.717) is 11.6 Å². The summed E-state index contributed by atoms with van der Waals surface area (Å²) in [5.41, 5.74) is 2.02. The monoisotopic (exact) mass is 283 g/mol. The standard InChI is InChI=1S/C19H13N3/c1-2-8-15(9-3-1)18-20-13-21-19(22-18)17-12-6-10-14-7-4-5-11-16(14)17/h1-13H. The van der Waals surface area contributed by atoms with Crippen molar-refractivity contribution < 1.29 is 0 Å². The highest BCUT2D eigenvalue weighted by molar-refractivity contribution is 5.95. The highest BCUT2D eigenvalue weighted by Crippen LogP contribution is 2.26. The number of benzene rings is 3. The Hall–Kier alpha value is -3.07. The Labute approximate surface area is 128 Å². The van der Waals surface area contributed by atoms with Crippen molar-refractivity contribution in [2.45, 2.75) is 0 Å². The van der Waals surface area contributed by atoms with Gasteiger partial charge in [-0.3, -0.25) is 0 Å². The zero-order chi connectivity index (χ0) is 14.8. The molecule has 0 aliphatic heterocycles. The van der Waals surface area contributed by atoms with E-state index in [1.807, 2.05) is 54.6 Å².